The van der Waals surface area contributed by atoms with E-state index in [0.29, 0.717) is 12.2 Å². The number of carbonyl (C=O) groups is 3. The van der Waals surface area contributed by atoms with E-state index >= 15 is 0 Å². The number of amides is 3. The zero-order valence-corrected chi connectivity index (χ0v) is 17.3. The highest BCUT2D eigenvalue weighted by molar-refractivity contribution is 8.14. The van der Waals surface area contributed by atoms with Gasteiger partial charge in [-0.1, -0.05) is 54.2 Å². The monoisotopic (exact) mass is 433 g/mol. The summed E-state index contributed by atoms with van der Waals surface area (Å²) in [5, 5.41) is 2.47. The van der Waals surface area contributed by atoms with E-state index in [1.165, 1.54) is 15.5 Å². The minimum atomic E-state index is -0.499. The predicted molar refractivity (Wildman–Crippen MR) is 119 cm³/mol. The van der Waals surface area contributed by atoms with Gasteiger partial charge >= 0.3 is 0 Å². The highest BCUT2D eigenvalue weighted by atomic mass is 32.2. The van der Waals surface area contributed by atoms with Crippen molar-refractivity contribution in [3.8, 4) is 0 Å². The normalized spacial score (nSPS) is 13.5. The van der Waals surface area contributed by atoms with Crippen molar-refractivity contribution in [2.45, 2.75) is 13.1 Å². The Morgan fingerprint density at radius 2 is 1.58 bits per heavy atom. The van der Waals surface area contributed by atoms with Gasteiger partial charge in [-0.15, -0.1) is 0 Å². The van der Waals surface area contributed by atoms with E-state index in [-0.39, 0.29) is 34.6 Å². The highest BCUT2D eigenvalue weighted by Crippen LogP contribution is 2.22. The Hall–Kier alpha value is -3.65. The zero-order valence-electron chi connectivity index (χ0n) is 16.5. The number of anilines is 1. The van der Waals surface area contributed by atoms with Crippen LogP contribution in [0.3, 0.4) is 0 Å². The number of nitrogens with one attached hydrogen (secondary N) is 1. The molecule has 3 aromatic rings. The lowest BCUT2D eigenvalue weighted by Gasteiger charge is -2.13. The average Bonchev–Trinajstić information content (AvgIpc) is 3.09. The minimum Gasteiger partial charge on any atom is -0.322 e. The summed E-state index contributed by atoms with van der Waals surface area (Å²) < 4.78 is 1.50. The van der Waals surface area contributed by atoms with Gasteiger partial charge < -0.3 is 9.88 Å². The van der Waals surface area contributed by atoms with Crippen LogP contribution in [-0.2, 0) is 17.9 Å². The first-order valence-corrected chi connectivity index (χ1v) is 10.6. The predicted octanol–water partition coefficient (Wildman–Crippen LogP) is 3.34. The van der Waals surface area contributed by atoms with Gasteiger partial charge in [0.05, 0.1) is 18.8 Å². The van der Waals surface area contributed by atoms with Gasteiger partial charge in [-0.3, -0.25) is 24.1 Å². The van der Waals surface area contributed by atoms with Crippen molar-refractivity contribution in [3.63, 3.8) is 0 Å². The molecule has 0 aliphatic carbocycles. The third-order valence-electron chi connectivity index (χ3n) is 4.85. The molecule has 1 N–H and O–H groups in total. The number of nitrogens with zero attached hydrogens (tertiary/aromatic N) is 2. The van der Waals surface area contributed by atoms with Crippen molar-refractivity contribution in [2.75, 3.05) is 11.1 Å². The van der Waals surface area contributed by atoms with Crippen LogP contribution in [0.15, 0.2) is 77.7 Å². The number of hydrogen-bond acceptors (Lipinski definition) is 5. The third-order valence-corrected chi connectivity index (χ3v) is 5.71. The lowest BCUT2D eigenvalue weighted by atomic mass is 10.2. The molecule has 3 amide bonds. The first kappa shape index (κ1) is 20.6. The van der Waals surface area contributed by atoms with Crippen molar-refractivity contribution in [2.24, 2.45) is 0 Å². The number of benzene rings is 2. The van der Waals surface area contributed by atoms with Crippen LogP contribution in [0.4, 0.5) is 10.5 Å². The Kier molecular flexibility index (Phi) is 5.99. The van der Waals surface area contributed by atoms with Gasteiger partial charge in [0.2, 0.25) is 5.91 Å². The molecule has 31 heavy (non-hydrogen) atoms. The maximum absolute atomic E-state index is 12.7. The molecule has 0 spiro atoms. The Labute approximate surface area is 182 Å². The van der Waals surface area contributed by atoms with Gasteiger partial charge in [0.1, 0.15) is 5.56 Å². The quantitative estimate of drug-likeness (QED) is 0.644. The molecule has 1 aliphatic heterocycles. The second-order valence-corrected chi connectivity index (χ2v) is 7.95. The summed E-state index contributed by atoms with van der Waals surface area (Å²) >= 11 is 0.994. The zero-order chi connectivity index (χ0) is 21.8. The highest BCUT2D eigenvalue weighted by Gasteiger charge is 2.29. The maximum Gasteiger partial charge on any atom is 0.289 e. The number of carbonyl (C=O) groups excluding carboxylic acids is 3. The molecule has 0 radical (unpaired) electrons. The number of hydrogen-bond donors (Lipinski definition) is 1. The van der Waals surface area contributed by atoms with E-state index in [4.69, 9.17) is 0 Å². The topological polar surface area (TPSA) is 88.5 Å². The molecule has 7 nitrogen and oxygen atoms in total. The molecule has 0 atom stereocenters. The fourth-order valence-corrected chi connectivity index (χ4v) is 3.95. The molecule has 1 aromatic heterocycles. The second-order valence-electron chi connectivity index (χ2n) is 7.03. The number of aromatic nitrogens is 1. The van der Waals surface area contributed by atoms with E-state index in [1.54, 1.807) is 36.5 Å². The second kappa shape index (κ2) is 9.01. The lowest BCUT2D eigenvalue weighted by Crippen LogP contribution is -2.29. The van der Waals surface area contributed by atoms with Gasteiger partial charge in [-0.2, -0.15) is 0 Å². The van der Waals surface area contributed by atoms with Crippen LogP contribution in [0.1, 0.15) is 21.5 Å². The third kappa shape index (κ3) is 4.75. The SMILES string of the molecule is O=C(Nc1ccc(CN2C(=O)CSC2=O)cc1)c1cccn(Cc2ccccc2)c1=O. The summed E-state index contributed by atoms with van der Waals surface area (Å²) in [6.45, 7) is 0.573. The Bertz CT molecular complexity index is 1170. The molecule has 2 aromatic carbocycles. The van der Waals surface area contributed by atoms with E-state index in [9.17, 15) is 19.2 Å². The largest absolute Gasteiger partial charge is 0.322 e. The van der Waals surface area contributed by atoms with Crippen molar-refractivity contribution < 1.29 is 14.4 Å². The summed E-state index contributed by atoms with van der Waals surface area (Å²) in [4.78, 5) is 50.1. The van der Waals surface area contributed by atoms with Crippen LogP contribution < -0.4 is 10.9 Å². The van der Waals surface area contributed by atoms with E-state index in [0.717, 1.165) is 22.9 Å². The molecule has 0 saturated carbocycles. The molecule has 1 saturated heterocycles. The van der Waals surface area contributed by atoms with Gasteiger partial charge in [0.25, 0.3) is 16.7 Å². The minimum absolute atomic E-state index is 0.0489. The van der Waals surface area contributed by atoms with Crippen LogP contribution >= 0.6 is 11.8 Å². The average molecular weight is 433 g/mol. The van der Waals surface area contributed by atoms with Crippen LogP contribution in [-0.4, -0.2) is 32.3 Å². The molecule has 4 rings (SSSR count). The molecule has 1 fully saturated rings. The molecule has 1 aliphatic rings. The summed E-state index contributed by atoms with van der Waals surface area (Å²) in [6.07, 6.45) is 1.65. The number of rotatable bonds is 6. The van der Waals surface area contributed by atoms with E-state index < -0.39 is 5.91 Å². The van der Waals surface area contributed by atoms with Crippen molar-refractivity contribution in [3.05, 3.63) is 100.0 Å². The lowest BCUT2D eigenvalue weighted by molar-refractivity contribution is -0.125. The first-order chi connectivity index (χ1) is 15.0. The van der Waals surface area contributed by atoms with Gasteiger partial charge in [0, 0.05) is 11.9 Å². The van der Waals surface area contributed by atoms with Crippen LogP contribution in [0.5, 0.6) is 0 Å². The van der Waals surface area contributed by atoms with Gasteiger partial charge in [-0.05, 0) is 35.4 Å². The smallest absolute Gasteiger partial charge is 0.289 e. The molecule has 2 heterocycles. The fourth-order valence-electron chi connectivity index (χ4n) is 3.22. The Balaban J connectivity index is 1.45. The van der Waals surface area contributed by atoms with Gasteiger partial charge in [-0.25, -0.2) is 0 Å². The fraction of sp³-hybridized carbons (Fsp3) is 0.130. The van der Waals surface area contributed by atoms with Crippen LogP contribution in [0, 0.1) is 0 Å². The summed E-state index contributed by atoms with van der Waals surface area (Å²) in [5.41, 5.74) is 1.93. The summed E-state index contributed by atoms with van der Waals surface area (Å²) in [5.74, 6) is -0.532. The van der Waals surface area contributed by atoms with Crippen molar-refractivity contribution in [1.82, 2.24) is 9.47 Å². The number of pyridine rings is 1. The molecule has 156 valence electrons. The van der Waals surface area contributed by atoms with Crippen molar-refractivity contribution >= 4 is 34.5 Å². The van der Waals surface area contributed by atoms with E-state index in [1.807, 2.05) is 30.3 Å². The van der Waals surface area contributed by atoms with Crippen LogP contribution in [0.25, 0.3) is 0 Å². The van der Waals surface area contributed by atoms with Crippen molar-refractivity contribution in [1.29, 1.82) is 0 Å². The molecular weight excluding hydrogens is 414 g/mol. The van der Waals surface area contributed by atoms with Gasteiger partial charge in [0.15, 0.2) is 0 Å². The molecule has 0 unspecified atom stereocenters. The standard InChI is InChI=1S/C23H19N3O4S/c27-20-15-31-23(30)26(20)14-17-8-10-18(11-9-17)24-21(28)19-7-4-12-25(22(19)29)13-16-5-2-1-3-6-16/h1-12H,13-15H2,(H,24,28). The van der Waals surface area contributed by atoms with E-state index in [2.05, 4.69) is 5.32 Å². The molecule has 0 bridgehead atoms. The Morgan fingerprint density at radius 3 is 2.26 bits per heavy atom. The number of thioether (sulfide) groups is 1. The summed E-state index contributed by atoms with van der Waals surface area (Å²) in [7, 11) is 0. The van der Waals surface area contributed by atoms with Crippen LogP contribution in [0.2, 0.25) is 0 Å². The first-order valence-electron chi connectivity index (χ1n) is 9.62. The maximum atomic E-state index is 12.7. The Morgan fingerprint density at radius 1 is 0.871 bits per heavy atom. The number of imide groups is 1. The summed E-state index contributed by atoms with van der Waals surface area (Å²) in [6, 6.07) is 19.5. The molecule has 8 heteroatoms. The molecular formula is C23H19N3O4S.